The summed E-state index contributed by atoms with van der Waals surface area (Å²) in [6, 6.07) is 5.71. The van der Waals surface area contributed by atoms with Gasteiger partial charge in [-0.2, -0.15) is 4.39 Å². The van der Waals surface area contributed by atoms with Crippen molar-refractivity contribution in [2.75, 3.05) is 26.1 Å². The molecule has 0 unspecified atom stereocenters. The second kappa shape index (κ2) is 10.1. The molecule has 2 aromatic rings. The minimum absolute atomic E-state index is 0.205. The number of carbonyl (C=O) groups is 1. The SMILES string of the molecule is COCC[C@H](O)c1ccc(NC(=O)[C@@H]2OC(C)(C)[C@@H](C)[C@H]2c2ccc(F)c(F)c2OC)cn1. The summed E-state index contributed by atoms with van der Waals surface area (Å²) in [5, 5.41) is 12.9. The molecule has 7 nitrogen and oxygen atoms in total. The molecule has 0 saturated carbocycles. The van der Waals surface area contributed by atoms with Crippen LogP contribution in [0.1, 0.15) is 50.5 Å². The van der Waals surface area contributed by atoms with Crippen LogP contribution in [0.5, 0.6) is 5.75 Å². The van der Waals surface area contributed by atoms with E-state index in [1.807, 2.05) is 20.8 Å². The van der Waals surface area contributed by atoms with Crippen LogP contribution in [-0.4, -0.2) is 48.5 Å². The molecular formula is C24H30F2N2O5. The van der Waals surface area contributed by atoms with E-state index in [0.717, 1.165) is 6.07 Å². The second-order valence-corrected chi connectivity index (χ2v) is 8.70. The van der Waals surface area contributed by atoms with Crippen molar-refractivity contribution in [3.05, 3.63) is 53.4 Å². The molecule has 0 aliphatic carbocycles. The lowest BCUT2D eigenvalue weighted by atomic mass is 9.78. The molecule has 2 N–H and O–H groups in total. The van der Waals surface area contributed by atoms with E-state index in [4.69, 9.17) is 14.2 Å². The predicted molar refractivity (Wildman–Crippen MR) is 118 cm³/mol. The van der Waals surface area contributed by atoms with Crippen molar-refractivity contribution < 1.29 is 32.9 Å². The van der Waals surface area contributed by atoms with Crippen molar-refractivity contribution in [2.45, 2.75) is 50.9 Å². The smallest absolute Gasteiger partial charge is 0.254 e. The number of benzene rings is 1. The maximum Gasteiger partial charge on any atom is 0.254 e. The molecule has 1 aromatic heterocycles. The first-order valence-electron chi connectivity index (χ1n) is 10.7. The Morgan fingerprint density at radius 2 is 2.00 bits per heavy atom. The van der Waals surface area contributed by atoms with Crippen LogP contribution < -0.4 is 10.1 Å². The molecule has 2 heterocycles. The molecule has 1 saturated heterocycles. The van der Waals surface area contributed by atoms with Crippen molar-refractivity contribution in [2.24, 2.45) is 5.92 Å². The van der Waals surface area contributed by atoms with Crippen molar-refractivity contribution >= 4 is 11.6 Å². The third-order valence-corrected chi connectivity index (χ3v) is 6.28. The quantitative estimate of drug-likeness (QED) is 0.615. The monoisotopic (exact) mass is 464 g/mol. The zero-order valence-corrected chi connectivity index (χ0v) is 19.4. The summed E-state index contributed by atoms with van der Waals surface area (Å²) in [4.78, 5) is 17.4. The van der Waals surface area contributed by atoms with Gasteiger partial charge in [-0.05, 0) is 38.0 Å². The van der Waals surface area contributed by atoms with Crippen LogP contribution in [0.2, 0.25) is 0 Å². The van der Waals surface area contributed by atoms with Gasteiger partial charge in [0, 0.05) is 31.6 Å². The van der Waals surface area contributed by atoms with Crippen molar-refractivity contribution in [3.63, 3.8) is 0 Å². The fraction of sp³-hybridized carbons (Fsp3) is 0.500. The topological polar surface area (TPSA) is 89.9 Å². The highest BCUT2D eigenvalue weighted by atomic mass is 19.2. The molecule has 9 heteroatoms. The summed E-state index contributed by atoms with van der Waals surface area (Å²) >= 11 is 0. The zero-order valence-electron chi connectivity index (χ0n) is 19.4. The summed E-state index contributed by atoms with van der Waals surface area (Å²) in [6.07, 6.45) is 0.0935. The second-order valence-electron chi connectivity index (χ2n) is 8.70. The van der Waals surface area contributed by atoms with Gasteiger partial charge in [0.05, 0.1) is 36.4 Å². The van der Waals surface area contributed by atoms with E-state index in [2.05, 4.69) is 10.3 Å². The molecule has 1 fully saturated rings. The number of aromatic nitrogens is 1. The normalized spacial score (nSPS) is 22.7. The number of aliphatic hydroxyl groups is 1. The minimum atomic E-state index is -1.10. The molecular weight excluding hydrogens is 434 g/mol. The van der Waals surface area contributed by atoms with Gasteiger partial charge in [0.2, 0.25) is 5.82 Å². The number of nitrogens with one attached hydrogen (secondary N) is 1. The van der Waals surface area contributed by atoms with Crippen molar-refractivity contribution in [3.8, 4) is 5.75 Å². The van der Waals surface area contributed by atoms with E-state index < -0.39 is 41.3 Å². The molecule has 3 rings (SSSR count). The van der Waals surface area contributed by atoms with Gasteiger partial charge in [-0.1, -0.05) is 13.0 Å². The molecule has 1 aromatic carbocycles. The summed E-state index contributed by atoms with van der Waals surface area (Å²) in [5.74, 6) is -3.59. The standard InChI is InChI=1S/C24H30F2N2O5/c1-13-19(15-7-8-16(25)20(26)21(15)32-5)22(33-24(13,2)3)23(30)28-14-6-9-17(27-12-14)18(29)10-11-31-4/h6-9,12-13,18-19,22,29H,10-11H2,1-5H3,(H,28,30)/t13-,18-,19-,22+/m0/s1. The van der Waals surface area contributed by atoms with Gasteiger partial charge in [0.25, 0.3) is 5.91 Å². The van der Waals surface area contributed by atoms with Crippen LogP contribution in [0, 0.1) is 17.6 Å². The first-order valence-corrected chi connectivity index (χ1v) is 10.7. The number of hydrogen-bond acceptors (Lipinski definition) is 6. The molecule has 1 aliphatic heterocycles. The number of rotatable bonds is 8. The number of anilines is 1. The Balaban J connectivity index is 1.85. The average molecular weight is 465 g/mol. The Hall–Kier alpha value is -2.62. The maximum atomic E-state index is 14.4. The number of carbonyl (C=O) groups excluding carboxylic acids is 1. The van der Waals surface area contributed by atoms with Crippen LogP contribution in [0.15, 0.2) is 30.5 Å². The average Bonchev–Trinajstić information content (AvgIpc) is 3.03. The van der Waals surface area contributed by atoms with Gasteiger partial charge in [0.15, 0.2) is 11.6 Å². The maximum absolute atomic E-state index is 14.4. The van der Waals surface area contributed by atoms with Crippen molar-refractivity contribution in [1.82, 2.24) is 4.98 Å². The molecule has 1 aliphatic rings. The zero-order chi connectivity index (χ0) is 24.3. The highest BCUT2D eigenvalue weighted by Crippen LogP contribution is 2.49. The van der Waals surface area contributed by atoms with Crippen LogP contribution in [-0.2, 0) is 14.3 Å². The minimum Gasteiger partial charge on any atom is -0.493 e. The fourth-order valence-corrected chi connectivity index (χ4v) is 4.14. The van der Waals surface area contributed by atoms with E-state index in [1.54, 1.807) is 19.2 Å². The van der Waals surface area contributed by atoms with Gasteiger partial charge >= 0.3 is 0 Å². The Kier molecular flexibility index (Phi) is 7.66. The van der Waals surface area contributed by atoms with Gasteiger partial charge < -0.3 is 24.6 Å². The number of halogens is 2. The van der Waals surface area contributed by atoms with Gasteiger partial charge in [-0.15, -0.1) is 0 Å². The molecule has 1 amide bonds. The molecule has 180 valence electrons. The van der Waals surface area contributed by atoms with E-state index in [9.17, 15) is 18.7 Å². The third-order valence-electron chi connectivity index (χ3n) is 6.28. The number of methoxy groups -OCH3 is 2. The fourth-order valence-electron chi connectivity index (χ4n) is 4.14. The predicted octanol–water partition coefficient (Wildman–Crippen LogP) is 3.97. The Labute approximate surface area is 192 Å². The molecule has 0 radical (unpaired) electrons. The van der Waals surface area contributed by atoms with Gasteiger partial charge in [-0.25, -0.2) is 4.39 Å². The number of hydrogen-bond donors (Lipinski definition) is 2. The number of pyridine rings is 1. The van der Waals surface area contributed by atoms with Gasteiger partial charge in [-0.3, -0.25) is 9.78 Å². The first-order chi connectivity index (χ1) is 15.6. The van der Waals surface area contributed by atoms with E-state index in [1.165, 1.54) is 19.4 Å². The van der Waals surface area contributed by atoms with Gasteiger partial charge in [0.1, 0.15) is 6.10 Å². The Morgan fingerprint density at radius 1 is 1.27 bits per heavy atom. The molecule has 33 heavy (non-hydrogen) atoms. The third kappa shape index (κ3) is 5.15. The summed E-state index contributed by atoms with van der Waals surface area (Å²) in [5.41, 5.74) is 0.543. The van der Waals surface area contributed by atoms with Crippen LogP contribution >= 0.6 is 0 Å². The van der Waals surface area contributed by atoms with E-state index in [-0.39, 0.29) is 11.7 Å². The lowest BCUT2D eigenvalue weighted by Gasteiger charge is -2.25. The molecule has 4 atom stereocenters. The summed E-state index contributed by atoms with van der Waals surface area (Å²) in [6.45, 7) is 5.99. The van der Waals surface area contributed by atoms with E-state index >= 15 is 0 Å². The Bertz CT molecular complexity index is 984. The van der Waals surface area contributed by atoms with E-state index in [0.29, 0.717) is 30.0 Å². The van der Waals surface area contributed by atoms with Crippen LogP contribution in [0.3, 0.4) is 0 Å². The summed E-state index contributed by atoms with van der Waals surface area (Å²) in [7, 11) is 2.81. The van der Waals surface area contributed by atoms with Crippen LogP contribution in [0.25, 0.3) is 0 Å². The highest BCUT2D eigenvalue weighted by molar-refractivity contribution is 5.95. The highest BCUT2D eigenvalue weighted by Gasteiger charge is 2.51. The lowest BCUT2D eigenvalue weighted by molar-refractivity contribution is -0.131. The molecule has 0 spiro atoms. The molecule has 0 bridgehead atoms. The largest absolute Gasteiger partial charge is 0.493 e. The number of amides is 1. The number of ether oxygens (including phenoxy) is 3. The van der Waals surface area contributed by atoms with Crippen LogP contribution in [0.4, 0.5) is 14.5 Å². The summed E-state index contributed by atoms with van der Waals surface area (Å²) < 4.78 is 44.4. The Morgan fingerprint density at radius 3 is 2.61 bits per heavy atom. The number of aliphatic hydroxyl groups excluding tert-OH is 1. The first kappa shape index (κ1) is 25.0. The van der Waals surface area contributed by atoms with Crippen molar-refractivity contribution in [1.29, 1.82) is 0 Å². The lowest BCUT2D eigenvalue weighted by Crippen LogP contribution is -2.33. The number of nitrogens with zero attached hydrogens (tertiary/aromatic N) is 1.